The first-order valence-electron chi connectivity index (χ1n) is 10.3. The van der Waals surface area contributed by atoms with Crippen LogP contribution in [0.1, 0.15) is 51.7 Å². The molecule has 1 amide bonds. The Morgan fingerprint density at radius 2 is 1.35 bits per heavy atom. The van der Waals surface area contributed by atoms with Crippen LogP contribution in [0.2, 0.25) is 0 Å². The normalized spacial score (nSPS) is 12.5. The minimum Gasteiger partial charge on any atom is -0.467 e. The van der Waals surface area contributed by atoms with Gasteiger partial charge in [0.05, 0.1) is 12.5 Å². The van der Waals surface area contributed by atoms with Crippen molar-refractivity contribution >= 4 is 17.8 Å². The van der Waals surface area contributed by atoms with Crippen molar-refractivity contribution in [2.24, 2.45) is 0 Å². The standard InChI is InChI=1S/C25H31NO5/c1-24(2,3)31-21(27)17-16-20(22(28)30-5)26-23(29)25(4,18-12-8-6-9-13-18)19-14-10-7-11-15-19/h6-15,20H,16-17H2,1-5H3,(H,26,29)/t20-/m1/s1. The smallest absolute Gasteiger partial charge is 0.328 e. The second kappa shape index (κ2) is 10.2. The van der Waals surface area contributed by atoms with Crippen LogP contribution in [0.15, 0.2) is 60.7 Å². The fourth-order valence-electron chi connectivity index (χ4n) is 3.32. The molecule has 6 nitrogen and oxygen atoms in total. The van der Waals surface area contributed by atoms with E-state index in [1.54, 1.807) is 20.8 Å². The van der Waals surface area contributed by atoms with Crippen LogP contribution in [-0.2, 0) is 29.3 Å². The van der Waals surface area contributed by atoms with Crippen LogP contribution in [0, 0.1) is 0 Å². The Bertz CT molecular complexity index is 848. The van der Waals surface area contributed by atoms with Crippen molar-refractivity contribution in [3.63, 3.8) is 0 Å². The van der Waals surface area contributed by atoms with Gasteiger partial charge in [0.25, 0.3) is 0 Å². The van der Waals surface area contributed by atoms with Gasteiger partial charge in [-0.25, -0.2) is 4.79 Å². The van der Waals surface area contributed by atoms with Gasteiger partial charge in [-0.15, -0.1) is 0 Å². The van der Waals surface area contributed by atoms with E-state index in [1.165, 1.54) is 7.11 Å². The fourth-order valence-corrected chi connectivity index (χ4v) is 3.32. The molecule has 31 heavy (non-hydrogen) atoms. The third-order valence-corrected chi connectivity index (χ3v) is 5.00. The Hall–Kier alpha value is -3.15. The lowest BCUT2D eigenvalue weighted by Gasteiger charge is -2.31. The summed E-state index contributed by atoms with van der Waals surface area (Å²) in [6, 6.07) is 17.7. The first-order valence-corrected chi connectivity index (χ1v) is 10.3. The molecule has 0 aliphatic carbocycles. The van der Waals surface area contributed by atoms with Crippen molar-refractivity contribution in [1.29, 1.82) is 0 Å². The number of hydrogen-bond acceptors (Lipinski definition) is 5. The molecule has 0 aliphatic rings. The Labute approximate surface area is 183 Å². The molecular formula is C25H31NO5. The number of hydrogen-bond donors (Lipinski definition) is 1. The highest BCUT2D eigenvalue weighted by atomic mass is 16.6. The summed E-state index contributed by atoms with van der Waals surface area (Å²) in [5, 5.41) is 2.80. The van der Waals surface area contributed by atoms with Crippen LogP contribution in [0.3, 0.4) is 0 Å². The van der Waals surface area contributed by atoms with E-state index in [9.17, 15) is 14.4 Å². The second-order valence-electron chi connectivity index (χ2n) is 8.53. The van der Waals surface area contributed by atoms with E-state index in [0.717, 1.165) is 11.1 Å². The Morgan fingerprint density at radius 3 is 1.77 bits per heavy atom. The highest BCUT2D eigenvalue weighted by Crippen LogP contribution is 2.32. The van der Waals surface area contributed by atoms with Gasteiger partial charge in [-0.05, 0) is 45.2 Å². The van der Waals surface area contributed by atoms with Crippen molar-refractivity contribution in [1.82, 2.24) is 5.32 Å². The number of methoxy groups -OCH3 is 1. The fraction of sp³-hybridized carbons (Fsp3) is 0.400. The topological polar surface area (TPSA) is 81.7 Å². The molecule has 0 bridgehead atoms. The van der Waals surface area contributed by atoms with Gasteiger partial charge < -0.3 is 14.8 Å². The Morgan fingerprint density at radius 1 is 0.871 bits per heavy atom. The minimum atomic E-state index is -1.04. The number of nitrogens with one attached hydrogen (secondary N) is 1. The molecule has 0 saturated carbocycles. The number of benzene rings is 2. The SMILES string of the molecule is COC(=O)[C@@H](CCC(=O)OC(C)(C)C)NC(=O)C(C)(c1ccccc1)c1ccccc1. The summed E-state index contributed by atoms with van der Waals surface area (Å²) < 4.78 is 10.2. The number of esters is 2. The molecule has 0 heterocycles. The lowest BCUT2D eigenvalue weighted by atomic mass is 9.75. The molecule has 0 spiro atoms. The Kier molecular flexibility index (Phi) is 7.97. The maximum atomic E-state index is 13.5. The van der Waals surface area contributed by atoms with Gasteiger partial charge in [0.15, 0.2) is 0 Å². The van der Waals surface area contributed by atoms with Gasteiger partial charge in [-0.2, -0.15) is 0 Å². The van der Waals surface area contributed by atoms with Crippen molar-refractivity contribution in [2.75, 3.05) is 7.11 Å². The average molecular weight is 426 g/mol. The molecule has 2 rings (SSSR count). The van der Waals surface area contributed by atoms with Gasteiger partial charge in [-0.3, -0.25) is 9.59 Å². The summed E-state index contributed by atoms with van der Waals surface area (Å²) in [5.41, 5.74) is -0.0926. The van der Waals surface area contributed by atoms with Crippen LogP contribution in [0.5, 0.6) is 0 Å². The molecule has 0 unspecified atom stereocenters. The van der Waals surface area contributed by atoms with E-state index < -0.39 is 29.0 Å². The summed E-state index contributed by atoms with van der Waals surface area (Å²) in [7, 11) is 1.25. The molecule has 166 valence electrons. The van der Waals surface area contributed by atoms with E-state index in [2.05, 4.69) is 5.32 Å². The lowest BCUT2D eigenvalue weighted by Crippen LogP contribution is -2.50. The molecule has 0 aromatic heterocycles. The van der Waals surface area contributed by atoms with Gasteiger partial charge in [-0.1, -0.05) is 60.7 Å². The molecule has 1 N–H and O–H groups in total. The Balaban J connectivity index is 2.28. The van der Waals surface area contributed by atoms with Gasteiger partial charge >= 0.3 is 11.9 Å². The molecule has 0 fully saturated rings. The summed E-state index contributed by atoms with van der Waals surface area (Å²) in [6.07, 6.45) is 0.0533. The molecular weight excluding hydrogens is 394 g/mol. The van der Waals surface area contributed by atoms with E-state index in [4.69, 9.17) is 9.47 Å². The average Bonchev–Trinajstić information content (AvgIpc) is 2.75. The zero-order valence-corrected chi connectivity index (χ0v) is 18.8. The van der Waals surface area contributed by atoms with Gasteiger partial charge in [0.2, 0.25) is 5.91 Å². The van der Waals surface area contributed by atoms with E-state index in [-0.39, 0.29) is 18.7 Å². The quantitative estimate of drug-likeness (QED) is 0.651. The van der Waals surface area contributed by atoms with Gasteiger partial charge in [0.1, 0.15) is 11.6 Å². The zero-order chi connectivity index (χ0) is 23.1. The molecule has 1 atom stereocenters. The number of ether oxygens (including phenoxy) is 2. The predicted octanol–water partition coefficient (Wildman–Crippen LogP) is 3.77. The first-order chi connectivity index (χ1) is 14.6. The summed E-state index contributed by atoms with van der Waals surface area (Å²) in [4.78, 5) is 38.0. The molecule has 6 heteroatoms. The highest BCUT2D eigenvalue weighted by molar-refractivity contribution is 5.94. The highest BCUT2D eigenvalue weighted by Gasteiger charge is 2.39. The monoisotopic (exact) mass is 425 g/mol. The van der Waals surface area contributed by atoms with Crippen LogP contribution < -0.4 is 5.32 Å². The number of rotatable bonds is 8. The maximum absolute atomic E-state index is 13.5. The summed E-state index contributed by atoms with van der Waals surface area (Å²) in [5.74, 6) is -1.41. The van der Waals surface area contributed by atoms with Crippen LogP contribution in [0.25, 0.3) is 0 Å². The number of carbonyl (C=O) groups excluding carboxylic acids is 3. The first kappa shape index (κ1) is 24.1. The van der Waals surface area contributed by atoms with Crippen LogP contribution >= 0.6 is 0 Å². The second-order valence-corrected chi connectivity index (χ2v) is 8.53. The lowest BCUT2D eigenvalue weighted by molar-refractivity contribution is -0.155. The number of amides is 1. The molecule has 0 radical (unpaired) electrons. The van der Waals surface area contributed by atoms with Crippen molar-refractivity contribution in [3.05, 3.63) is 71.8 Å². The van der Waals surface area contributed by atoms with E-state index in [1.807, 2.05) is 67.6 Å². The van der Waals surface area contributed by atoms with Crippen LogP contribution in [-0.4, -0.2) is 36.6 Å². The minimum absolute atomic E-state index is 0.0231. The third kappa shape index (κ3) is 6.41. The number of carbonyl (C=O) groups is 3. The largest absolute Gasteiger partial charge is 0.467 e. The maximum Gasteiger partial charge on any atom is 0.328 e. The predicted molar refractivity (Wildman–Crippen MR) is 118 cm³/mol. The van der Waals surface area contributed by atoms with E-state index >= 15 is 0 Å². The zero-order valence-electron chi connectivity index (χ0n) is 18.8. The van der Waals surface area contributed by atoms with E-state index in [0.29, 0.717) is 0 Å². The molecule has 0 saturated heterocycles. The van der Waals surface area contributed by atoms with Crippen molar-refractivity contribution in [2.45, 2.75) is 57.6 Å². The summed E-state index contributed by atoms with van der Waals surface area (Å²) in [6.45, 7) is 7.13. The van der Waals surface area contributed by atoms with Gasteiger partial charge in [0, 0.05) is 6.42 Å². The third-order valence-electron chi connectivity index (χ3n) is 5.00. The van der Waals surface area contributed by atoms with Crippen molar-refractivity contribution in [3.8, 4) is 0 Å². The van der Waals surface area contributed by atoms with Crippen molar-refractivity contribution < 1.29 is 23.9 Å². The molecule has 2 aromatic carbocycles. The summed E-state index contributed by atoms with van der Waals surface area (Å²) >= 11 is 0. The van der Waals surface area contributed by atoms with Crippen LogP contribution in [0.4, 0.5) is 0 Å². The molecule has 0 aliphatic heterocycles. The molecule has 2 aromatic rings.